The van der Waals surface area contributed by atoms with Crippen LogP contribution in [0.2, 0.25) is 0 Å². The van der Waals surface area contributed by atoms with Crippen molar-refractivity contribution in [2.75, 3.05) is 7.11 Å². The van der Waals surface area contributed by atoms with E-state index in [4.69, 9.17) is 9.47 Å². The van der Waals surface area contributed by atoms with Gasteiger partial charge in [0.25, 0.3) is 11.5 Å². The predicted molar refractivity (Wildman–Crippen MR) is 161 cm³/mol. The first-order valence-corrected chi connectivity index (χ1v) is 14.0. The normalized spacial score (nSPS) is 11.2. The van der Waals surface area contributed by atoms with E-state index in [-0.39, 0.29) is 12.1 Å². The van der Waals surface area contributed by atoms with E-state index in [2.05, 4.69) is 31.4 Å². The first-order valence-electron chi connectivity index (χ1n) is 12.3. The minimum Gasteiger partial charge on any atom is -0.493 e. The Morgan fingerprint density at radius 3 is 2.58 bits per heavy atom. The second-order valence-corrected chi connectivity index (χ2v) is 10.9. The highest BCUT2D eigenvalue weighted by atomic mass is 79.9. The molecule has 0 atom stereocenters. The SMILES string of the molecule is COc1cc(/C=N\NC(=O)Cn2cnc3sc(C)c(-c4ccccc4)c3c2=O)cc(Br)c1OCc1ccccc1. The highest BCUT2D eigenvalue weighted by Crippen LogP contribution is 2.37. The number of aromatic nitrogens is 2. The molecule has 8 nitrogen and oxygen atoms in total. The van der Waals surface area contributed by atoms with E-state index in [0.29, 0.717) is 38.4 Å². The summed E-state index contributed by atoms with van der Waals surface area (Å²) in [4.78, 5) is 32.1. The Bertz CT molecular complexity index is 1750. The number of hydrazone groups is 1. The highest BCUT2D eigenvalue weighted by molar-refractivity contribution is 9.10. The van der Waals surface area contributed by atoms with Gasteiger partial charge < -0.3 is 9.47 Å². The molecule has 3 aromatic carbocycles. The summed E-state index contributed by atoms with van der Waals surface area (Å²) >= 11 is 4.99. The Labute approximate surface area is 243 Å². The van der Waals surface area contributed by atoms with Crippen molar-refractivity contribution >= 4 is 49.6 Å². The molecule has 0 aliphatic heterocycles. The lowest BCUT2D eigenvalue weighted by Gasteiger charge is -2.13. The van der Waals surface area contributed by atoms with Crippen LogP contribution in [0.3, 0.4) is 0 Å². The van der Waals surface area contributed by atoms with Crippen LogP contribution >= 0.6 is 27.3 Å². The van der Waals surface area contributed by atoms with Crippen LogP contribution in [0.4, 0.5) is 0 Å². The van der Waals surface area contributed by atoms with Crippen molar-refractivity contribution < 1.29 is 14.3 Å². The van der Waals surface area contributed by atoms with Gasteiger partial charge in [-0.15, -0.1) is 11.3 Å². The summed E-state index contributed by atoms with van der Waals surface area (Å²) in [5, 5.41) is 4.58. The topological polar surface area (TPSA) is 94.8 Å². The van der Waals surface area contributed by atoms with Crippen LogP contribution < -0.4 is 20.5 Å². The van der Waals surface area contributed by atoms with Gasteiger partial charge in [-0.05, 0) is 51.7 Å². The maximum atomic E-state index is 13.3. The van der Waals surface area contributed by atoms with Crippen LogP contribution in [0.25, 0.3) is 21.3 Å². The summed E-state index contributed by atoms with van der Waals surface area (Å²) in [7, 11) is 1.56. The third-order valence-electron chi connectivity index (χ3n) is 6.11. The number of hydrogen-bond donors (Lipinski definition) is 1. The molecule has 0 saturated heterocycles. The summed E-state index contributed by atoms with van der Waals surface area (Å²) < 4.78 is 13.4. The number of benzene rings is 3. The molecule has 0 saturated carbocycles. The van der Waals surface area contributed by atoms with E-state index in [1.807, 2.05) is 73.7 Å². The van der Waals surface area contributed by atoms with Gasteiger partial charge in [-0.1, -0.05) is 60.7 Å². The molecule has 2 heterocycles. The van der Waals surface area contributed by atoms with Gasteiger partial charge in [0, 0.05) is 10.4 Å². The summed E-state index contributed by atoms with van der Waals surface area (Å²) in [6, 6.07) is 23.1. The number of methoxy groups -OCH3 is 1. The van der Waals surface area contributed by atoms with Gasteiger partial charge in [-0.2, -0.15) is 5.10 Å². The molecule has 2 aromatic heterocycles. The number of aryl methyl sites for hydroxylation is 1. The molecule has 0 spiro atoms. The highest BCUT2D eigenvalue weighted by Gasteiger charge is 2.18. The zero-order valence-corrected chi connectivity index (χ0v) is 24.2. The van der Waals surface area contributed by atoms with E-state index in [1.165, 1.54) is 28.4 Å². The Morgan fingerprint density at radius 2 is 1.85 bits per heavy atom. The van der Waals surface area contributed by atoms with E-state index >= 15 is 0 Å². The van der Waals surface area contributed by atoms with Crippen LogP contribution in [0.5, 0.6) is 11.5 Å². The molecule has 5 rings (SSSR count). The van der Waals surface area contributed by atoms with Crippen LogP contribution in [0.1, 0.15) is 16.0 Å². The number of fused-ring (bicyclic) bond motifs is 1. The van der Waals surface area contributed by atoms with Crippen LogP contribution in [-0.4, -0.2) is 28.8 Å². The number of nitrogens with one attached hydrogen (secondary N) is 1. The van der Waals surface area contributed by atoms with Gasteiger partial charge in [-0.25, -0.2) is 10.4 Å². The Kier molecular flexibility index (Phi) is 8.37. The fourth-order valence-electron chi connectivity index (χ4n) is 4.26. The summed E-state index contributed by atoms with van der Waals surface area (Å²) in [6.45, 7) is 2.13. The van der Waals surface area contributed by atoms with Gasteiger partial charge in [-0.3, -0.25) is 14.2 Å². The first kappa shape index (κ1) is 27.3. The quantitative estimate of drug-likeness (QED) is 0.163. The molecule has 202 valence electrons. The average molecular weight is 618 g/mol. The monoisotopic (exact) mass is 616 g/mol. The molecule has 1 amide bonds. The molecule has 0 fully saturated rings. The standard InChI is InChI=1S/C30H25BrN4O4S/c1-19-26(22-11-7-4-8-12-22)27-29(40-19)32-18-35(30(27)37)16-25(36)34-33-15-21-13-23(31)28(24(14-21)38-2)39-17-20-9-5-3-6-10-20/h3-15,18H,16-17H2,1-2H3,(H,34,36)/b33-15-. The minimum atomic E-state index is -0.457. The van der Waals surface area contributed by atoms with Gasteiger partial charge in [0.15, 0.2) is 11.5 Å². The molecular weight excluding hydrogens is 592 g/mol. The van der Waals surface area contributed by atoms with Gasteiger partial charge in [0.2, 0.25) is 0 Å². The van der Waals surface area contributed by atoms with Gasteiger partial charge >= 0.3 is 0 Å². The maximum Gasteiger partial charge on any atom is 0.263 e. The molecule has 0 radical (unpaired) electrons. The molecule has 0 bridgehead atoms. The predicted octanol–water partition coefficient (Wildman–Crippen LogP) is 5.93. The summed E-state index contributed by atoms with van der Waals surface area (Å²) in [5.74, 6) is 0.624. The van der Waals surface area contributed by atoms with Crippen molar-refractivity contribution in [3.63, 3.8) is 0 Å². The number of hydrogen-bond acceptors (Lipinski definition) is 7. The maximum absolute atomic E-state index is 13.3. The zero-order valence-electron chi connectivity index (χ0n) is 21.8. The van der Waals surface area contributed by atoms with E-state index < -0.39 is 5.91 Å². The average Bonchev–Trinajstić information content (AvgIpc) is 3.31. The number of thiophene rings is 1. The minimum absolute atomic E-state index is 0.221. The molecule has 40 heavy (non-hydrogen) atoms. The Hall–Kier alpha value is -4.28. The number of amides is 1. The summed E-state index contributed by atoms with van der Waals surface area (Å²) in [6.07, 6.45) is 2.89. The lowest BCUT2D eigenvalue weighted by molar-refractivity contribution is -0.121. The number of nitrogens with zero attached hydrogens (tertiary/aromatic N) is 3. The largest absolute Gasteiger partial charge is 0.493 e. The lowest BCUT2D eigenvalue weighted by Crippen LogP contribution is -2.30. The fourth-order valence-corrected chi connectivity index (χ4v) is 5.83. The number of carbonyl (C=O) groups excluding carboxylic acids is 1. The van der Waals surface area contributed by atoms with Gasteiger partial charge in [0.05, 0.1) is 29.5 Å². The zero-order chi connectivity index (χ0) is 28.1. The molecule has 5 aromatic rings. The molecule has 0 unspecified atom stereocenters. The van der Waals surface area contributed by atoms with Crippen molar-refractivity contribution in [2.45, 2.75) is 20.1 Å². The molecule has 10 heteroatoms. The third-order valence-corrected chi connectivity index (χ3v) is 7.71. The van der Waals surface area contributed by atoms with Crippen molar-refractivity contribution in [2.24, 2.45) is 5.10 Å². The second kappa shape index (κ2) is 12.3. The van der Waals surface area contributed by atoms with Crippen molar-refractivity contribution in [1.29, 1.82) is 0 Å². The van der Waals surface area contributed by atoms with Crippen molar-refractivity contribution in [3.05, 3.63) is 110 Å². The number of ether oxygens (including phenoxy) is 2. The molecule has 0 aliphatic carbocycles. The lowest BCUT2D eigenvalue weighted by atomic mass is 10.0. The molecular formula is C30H25BrN4O4S. The van der Waals surface area contributed by atoms with Crippen molar-refractivity contribution in [1.82, 2.24) is 15.0 Å². The Morgan fingerprint density at radius 1 is 1.12 bits per heavy atom. The van der Waals surface area contributed by atoms with Crippen LogP contribution in [-0.2, 0) is 17.9 Å². The van der Waals surface area contributed by atoms with Crippen LogP contribution in [0.15, 0.2) is 93.5 Å². The number of carbonyl (C=O) groups is 1. The van der Waals surface area contributed by atoms with E-state index in [1.54, 1.807) is 13.2 Å². The van der Waals surface area contributed by atoms with E-state index in [9.17, 15) is 9.59 Å². The fraction of sp³-hybridized carbons (Fsp3) is 0.133. The third kappa shape index (κ3) is 5.98. The van der Waals surface area contributed by atoms with E-state index in [0.717, 1.165) is 21.6 Å². The number of rotatable bonds is 9. The van der Waals surface area contributed by atoms with Crippen LogP contribution in [0, 0.1) is 6.92 Å². The summed E-state index contributed by atoms with van der Waals surface area (Å²) in [5.41, 5.74) is 5.71. The smallest absolute Gasteiger partial charge is 0.263 e. The van der Waals surface area contributed by atoms with Crippen molar-refractivity contribution in [3.8, 4) is 22.6 Å². The molecule has 1 N–H and O–H groups in total. The second-order valence-electron chi connectivity index (χ2n) is 8.86. The first-order chi connectivity index (χ1) is 19.4. The molecule has 0 aliphatic rings. The number of halogens is 1. The Balaban J connectivity index is 1.28. The van der Waals surface area contributed by atoms with Gasteiger partial charge in [0.1, 0.15) is 18.0 Å².